The molecule has 1 atom stereocenters. The average Bonchev–Trinajstić information content (AvgIpc) is 2.60. The highest BCUT2D eigenvalue weighted by Crippen LogP contribution is 2.43. The number of hydrogen-bond acceptors (Lipinski definition) is 3. The highest BCUT2D eigenvalue weighted by atomic mass is 16.5. The second-order valence-corrected chi connectivity index (χ2v) is 5.64. The maximum Gasteiger partial charge on any atom is 0.133 e. The van der Waals surface area contributed by atoms with Gasteiger partial charge in [0, 0.05) is 16.3 Å². The fourth-order valence-corrected chi connectivity index (χ4v) is 2.98. The number of hydrogen-bond donors (Lipinski definition) is 1. The molecule has 0 spiro atoms. The molecule has 1 N–H and O–H groups in total. The van der Waals surface area contributed by atoms with Gasteiger partial charge in [-0.2, -0.15) is 0 Å². The van der Waals surface area contributed by atoms with E-state index in [9.17, 15) is 5.11 Å². The standard InChI is InChI=1S/C20H20O3/c1-20(21,14-9-5-4-6-10-14)17-13-18(22-2)15-11-7-8-12-16(15)19(17)23-3/h4-13,21H,1-3H3. The fraction of sp³-hybridized carbons (Fsp3) is 0.200. The molecule has 0 heterocycles. The molecule has 3 nitrogen and oxygen atoms in total. The Morgan fingerprint density at radius 2 is 1.43 bits per heavy atom. The van der Waals surface area contributed by atoms with Gasteiger partial charge in [0.1, 0.15) is 17.1 Å². The lowest BCUT2D eigenvalue weighted by Crippen LogP contribution is -2.23. The summed E-state index contributed by atoms with van der Waals surface area (Å²) >= 11 is 0. The van der Waals surface area contributed by atoms with E-state index in [1.54, 1.807) is 21.1 Å². The molecular weight excluding hydrogens is 288 g/mol. The van der Waals surface area contributed by atoms with E-state index in [0.29, 0.717) is 17.1 Å². The highest BCUT2D eigenvalue weighted by Gasteiger charge is 2.31. The molecule has 23 heavy (non-hydrogen) atoms. The Morgan fingerprint density at radius 3 is 2.04 bits per heavy atom. The predicted molar refractivity (Wildman–Crippen MR) is 92.2 cm³/mol. The summed E-state index contributed by atoms with van der Waals surface area (Å²) < 4.78 is 11.2. The average molecular weight is 308 g/mol. The first-order valence-electron chi connectivity index (χ1n) is 7.51. The minimum atomic E-state index is -1.19. The molecule has 0 saturated carbocycles. The van der Waals surface area contributed by atoms with Crippen molar-refractivity contribution in [2.45, 2.75) is 12.5 Å². The molecule has 0 amide bonds. The van der Waals surface area contributed by atoms with Crippen molar-refractivity contribution in [3.8, 4) is 11.5 Å². The first-order chi connectivity index (χ1) is 11.1. The van der Waals surface area contributed by atoms with Crippen LogP contribution in [0.25, 0.3) is 10.8 Å². The minimum Gasteiger partial charge on any atom is -0.496 e. The van der Waals surface area contributed by atoms with Gasteiger partial charge < -0.3 is 14.6 Å². The van der Waals surface area contributed by atoms with Crippen LogP contribution in [-0.2, 0) is 5.60 Å². The van der Waals surface area contributed by atoms with Gasteiger partial charge in [0.2, 0.25) is 0 Å². The van der Waals surface area contributed by atoms with E-state index in [4.69, 9.17) is 9.47 Å². The molecule has 1 unspecified atom stereocenters. The van der Waals surface area contributed by atoms with E-state index in [2.05, 4.69) is 0 Å². The van der Waals surface area contributed by atoms with E-state index in [-0.39, 0.29) is 0 Å². The van der Waals surface area contributed by atoms with Crippen LogP contribution in [0.1, 0.15) is 18.1 Å². The van der Waals surface area contributed by atoms with Gasteiger partial charge in [-0.05, 0) is 18.6 Å². The van der Waals surface area contributed by atoms with E-state index in [0.717, 1.165) is 16.3 Å². The lowest BCUT2D eigenvalue weighted by molar-refractivity contribution is 0.0989. The summed E-state index contributed by atoms with van der Waals surface area (Å²) in [4.78, 5) is 0. The number of fused-ring (bicyclic) bond motifs is 1. The largest absolute Gasteiger partial charge is 0.496 e. The van der Waals surface area contributed by atoms with Crippen molar-refractivity contribution < 1.29 is 14.6 Å². The SMILES string of the molecule is COc1cc(C(C)(O)c2ccccc2)c(OC)c2ccccc12. The first-order valence-corrected chi connectivity index (χ1v) is 7.51. The molecule has 0 radical (unpaired) electrons. The van der Waals surface area contributed by atoms with Crippen molar-refractivity contribution in [2.24, 2.45) is 0 Å². The molecule has 0 aliphatic heterocycles. The van der Waals surface area contributed by atoms with Gasteiger partial charge in [-0.1, -0.05) is 54.6 Å². The summed E-state index contributed by atoms with van der Waals surface area (Å²) in [7, 11) is 3.26. The van der Waals surface area contributed by atoms with E-state index >= 15 is 0 Å². The lowest BCUT2D eigenvalue weighted by atomic mass is 9.86. The molecule has 3 rings (SSSR count). The van der Waals surface area contributed by atoms with Crippen LogP contribution in [0.2, 0.25) is 0 Å². The maximum absolute atomic E-state index is 11.2. The predicted octanol–water partition coefficient (Wildman–Crippen LogP) is 4.11. The Balaban J connectivity index is 2.33. The molecular formula is C20H20O3. The molecule has 0 saturated heterocycles. The smallest absolute Gasteiger partial charge is 0.133 e. The van der Waals surface area contributed by atoms with Crippen molar-refractivity contribution in [1.29, 1.82) is 0 Å². The van der Waals surface area contributed by atoms with Gasteiger partial charge in [-0.3, -0.25) is 0 Å². The van der Waals surface area contributed by atoms with Crippen molar-refractivity contribution in [3.63, 3.8) is 0 Å². The monoisotopic (exact) mass is 308 g/mol. The van der Waals surface area contributed by atoms with Gasteiger partial charge in [-0.25, -0.2) is 0 Å². The summed E-state index contributed by atoms with van der Waals surface area (Å²) in [6.45, 7) is 1.77. The second-order valence-electron chi connectivity index (χ2n) is 5.64. The molecule has 3 heteroatoms. The van der Waals surface area contributed by atoms with Gasteiger partial charge in [0.15, 0.2) is 0 Å². The van der Waals surface area contributed by atoms with Gasteiger partial charge in [0.25, 0.3) is 0 Å². The number of rotatable bonds is 4. The van der Waals surface area contributed by atoms with Crippen LogP contribution in [0, 0.1) is 0 Å². The van der Waals surface area contributed by atoms with E-state index in [1.807, 2.05) is 60.7 Å². The van der Waals surface area contributed by atoms with Gasteiger partial charge >= 0.3 is 0 Å². The Bertz CT molecular complexity index is 823. The molecule has 0 aromatic heterocycles. The quantitative estimate of drug-likeness (QED) is 0.788. The molecule has 3 aromatic carbocycles. The zero-order chi connectivity index (χ0) is 16.4. The van der Waals surface area contributed by atoms with E-state index in [1.165, 1.54) is 0 Å². The van der Waals surface area contributed by atoms with Crippen LogP contribution in [0.4, 0.5) is 0 Å². The zero-order valence-electron chi connectivity index (χ0n) is 13.5. The van der Waals surface area contributed by atoms with Crippen molar-refractivity contribution in [1.82, 2.24) is 0 Å². The number of aliphatic hydroxyl groups is 1. The molecule has 3 aromatic rings. The summed E-state index contributed by atoms with van der Waals surface area (Å²) in [5.74, 6) is 1.38. The van der Waals surface area contributed by atoms with Crippen LogP contribution in [-0.4, -0.2) is 19.3 Å². The van der Waals surface area contributed by atoms with Crippen LogP contribution in [0.5, 0.6) is 11.5 Å². The van der Waals surface area contributed by atoms with Crippen molar-refractivity contribution >= 4 is 10.8 Å². The van der Waals surface area contributed by atoms with Crippen LogP contribution < -0.4 is 9.47 Å². The topological polar surface area (TPSA) is 38.7 Å². The summed E-state index contributed by atoms with van der Waals surface area (Å²) in [5.41, 5.74) is 0.293. The minimum absolute atomic E-state index is 0.662. The van der Waals surface area contributed by atoms with E-state index < -0.39 is 5.60 Å². The molecule has 0 aliphatic carbocycles. The molecule has 0 aliphatic rings. The third-order valence-electron chi connectivity index (χ3n) is 4.24. The lowest BCUT2D eigenvalue weighted by Gasteiger charge is -2.28. The molecule has 0 fully saturated rings. The number of ether oxygens (including phenoxy) is 2. The zero-order valence-corrected chi connectivity index (χ0v) is 13.5. The number of benzene rings is 3. The third kappa shape index (κ3) is 2.53. The normalized spacial score (nSPS) is 13.6. The fourth-order valence-electron chi connectivity index (χ4n) is 2.98. The number of methoxy groups -OCH3 is 2. The highest BCUT2D eigenvalue weighted by molar-refractivity contribution is 5.95. The molecule has 0 bridgehead atoms. The van der Waals surface area contributed by atoms with Gasteiger partial charge in [0.05, 0.1) is 14.2 Å². The van der Waals surface area contributed by atoms with Crippen LogP contribution in [0.3, 0.4) is 0 Å². The first kappa shape index (κ1) is 15.4. The second kappa shape index (κ2) is 5.94. The van der Waals surface area contributed by atoms with Crippen molar-refractivity contribution in [2.75, 3.05) is 14.2 Å². The molecule has 118 valence electrons. The third-order valence-corrected chi connectivity index (χ3v) is 4.24. The summed E-state index contributed by atoms with van der Waals surface area (Å²) in [6, 6.07) is 19.3. The Labute approximate surface area is 136 Å². The maximum atomic E-state index is 11.2. The Kier molecular flexibility index (Phi) is 3.97. The Hall–Kier alpha value is -2.52. The van der Waals surface area contributed by atoms with Gasteiger partial charge in [-0.15, -0.1) is 0 Å². The summed E-state index contributed by atoms with van der Waals surface area (Å²) in [5, 5.41) is 13.1. The Morgan fingerprint density at radius 1 is 0.826 bits per heavy atom. The van der Waals surface area contributed by atoms with Crippen LogP contribution in [0.15, 0.2) is 60.7 Å². The summed E-state index contributed by atoms with van der Waals surface area (Å²) in [6.07, 6.45) is 0. The van der Waals surface area contributed by atoms with Crippen molar-refractivity contribution in [3.05, 3.63) is 71.8 Å². The van der Waals surface area contributed by atoms with Crippen LogP contribution >= 0.6 is 0 Å².